The second-order valence-corrected chi connectivity index (χ2v) is 5.08. The van der Waals surface area contributed by atoms with Gasteiger partial charge in [-0.05, 0) is 49.5 Å². The molecule has 17 heavy (non-hydrogen) atoms. The van der Waals surface area contributed by atoms with Gasteiger partial charge < -0.3 is 10.2 Å². The first-order valence-corrected chi connectivity index (χ1v) is 6.27. The molecular formula is C13H18N2O2. The standard InChI is InChI=1S/C13H18N2O2/c16-12(9-1-5-14-6-2-9)11-13(17)10-3-7-15(11)8-4-10/h1-2,5-6,10-13,16-17H,3-4,7-8H2. The van der Waals surface area contributed by atoms with Crippen LogP contribution in [0.2, 0.25) is 0 Å². The molecule has 92 valence electrons. The Labute approximate surface area is 101 Å². The lowest BCUT2D eigenvalue weighted by atomic mass is 9.77. The average molecular weight is 234 g/mol. The van der Waals surface area contributed by atoms with Gasteiger partial charge in [-0.25, -0.2) is 0 Å². The van der Waals surface area contributed by atoms with Crippen LogP contribution >= 0.6 is 0 Å². The van der Waals surface area contributed by atoms with E-state index in [1.807, 2.05) is 12.1 Å². The van der Waals surface area contributed by atoms with Gasteiger partial charge in [0.1, 0.15) is 0 Å². The fourth-order valence-corrected chi connectivity index (χ4v) is 3.20. The molecule has 4 heteroatoms. The minimum Gasteiger partial charge on any atom is -0.391 e. The van der Waals surface area contributed by atoms with E-state index in [1.54, 1.807) is 12.4 Å². The Balaban J connectivity index is 1.84. The highest BCUT2D eigenvalue weighted by atomic mass is 16.3. The van der Waals surface area contributed by atoms with Crippen LogP contribution in [0.3, 0.4) is 0 Å². The molecular weight excluding hydrogens is 216 g/mol. The normalized spacial score (nSPS) is 38.0. The Kier molecular flexibility index (Phi) is 2.86. The summed E-state index contributed by atoms with van der Waals surface area (Å²) in [4.78, 5) is 6.17. The second kappa shape index (κ2) is 4.37. The fourth-order valence-electron chi connectivity index (χ4n) is 3.20. The van der Waals surface area contributed by atoms with E-state index < -0.39 is 12.2 Å². The minimum atomic E-state index is -0.615. The molecule has 0 radical (unpaired) electrons. The van der Waals surface area contributed by atoms with Gasteiger partial charge in [-0.2, -0.15) is 0 Å². The van der Waals surface area contributed by atoms with Crippen LogP contribution in [0.4, 0.5) is 0 Å². The smallest absolute Gasteiger partial charge is 0.0971 e. The number of pyridine rings is 1. The highest BCUT2D eigenvalue weighted by Crippen LogP contribution is 2.37. The van der Waals surface area contributed by atoms with Crippen LogP contribution in [0.25, 0.3) is 0 Å². The zero-order chi connectivity index (χ0) is 11.8. The zero-order valence-electron chi connectivity index (χ0n) is 9.74. The van der Waals surface area contributed by atoms with Crippen LogP contribution in [-0.2, 0) is 0 Å². The van der Waals surface area contributed by atoms with Crippen molar-refractivity contribution < 1.29 is 10.2 Å². The van der Waals surface area contributed by atoms with Crippen molar-refractivity contribution in [2.24, 2.45) is 5.92 Å². The van der Waals surface area contributed by atoms with Gasteiger partial charge in [0.2, 0.25) is 0 Å². The Bertz CT molecular complexity index is 374. The molecule has 3 atom stereocenters. The molecule has 4 rings (SSSR count). The quantitative estimate of drug-likeness (QED) is 0.785. The van der Waals surface area contributed by atoms with Gasteiger partial charge in [0.05, 0.1) is 18.2 Å². The fraction of sp³-hybridized carbons (Fsp3) is 0.615. The van der Waals surface area contributed by atoms with Crippen molar-refractivity contribution in [2.45, 2.75) is 31.1 Å². The highest BCUT2D eigenvalue weighted by molar-refractivity contribution is 5.17. The Hall–Kier alpha value is -0.970. The maximum absolute atomic E-state index is 10.4. The molecule has 2 N–H and O–H groups in total. The van der Waals surface area contributed by atoms with Crippen LogP contribution in [0.15, 0.2) is 24.5 Å². The largest absolute Gasteiger partial charge is 0.391 e. The number of rotatable bonds is 2. The van der Waals surface area contributed by atoms with Crippen molar-refractivity contribution >= 4 is 0 Å². The summed E-state index contributed by atoms with van der Waals surface area (Å²) >= 11 is 0. The van der Waals surface area contributed by atoms with E-state index in [9.17, 15) is 10.2 Å². The summed E-state index contributed by atoms with van der Waals surface area (Å²) < 4.78 is 0. The topological polar surface area (TPSA) is 56.6 Å². The predicted octanol–water partition coefficient (Wildman–Crippen LogP) is 0.570. The van der Waals surface area contributed by atoms with Crippen molar-refractivity contribution in [3.63, 3.8) is 0 Å². The van der Waals surface area contributed by atoms with E-state index in [2.05, 4.69) is 9.88 Å². The van der Waals surface area contributed by atoms with Crippen LogP contribution in [0.5, 0.6) is 0 Å². The molecule has 2 bridgehead atoms. The Morgan fingerprint density at radius 1 is 1.24 bits per heavy atom. The van der Waals surface area contributed by atoms with Gasteiger partial charge in [-0.3, -0.25) is 9.88 Å². The monoisotopic (exact) mass is 234 g/mol. The highest BCUT2D eigenvalue weighted by Gasteiger charge is 2.44. The van der Waals surface area contributed by atoms with Crippen molar-refractivity contribution in [3.8, 4) is 0 Å². The summed E-state index contributed by atoms with van der Waals surface area (Å²) in [6, 6.07) is 3.49. The summed E-state index contributed by atoms with van der Waals surface area (Å²) in [5, 5.41) is 20.7. The minimum absolute atomic E-state index is 0.148. The molecule has 1 aromatic rings. The lowest BCUT2D eigenvalue weighted by Crippen LogP contribution is -2.59. The molecule has 3 aliphatic rings. The summed E-state index contributed by atoms with van der Waals surface area (Å²) in [5.74, 6) is 0.362. The first-order chi connectivity index (χ1) is 8.27. The first-order valence-electron chi connectivity index (χ1n) is 6.27. The van der Waals surface area contributed by atoms with Crippen molar-refractivity contribution in [1.82, 2.24) is 9.88 Å². The van der Waals surface area contributed by atoms with Crippen LogP contribution in [0, 0.1) is 5.92 Å². The van der Waals surface area contributed by atoms with Crippen LogP contribution in [0.1, 0.15) is 24.5 Å². The molecule has 4 nitrogen and oxygen atoms in total. The first kappa shape index (κ1) is 11.1. The van der Waals surface area contributed by atoms with Gasteiger partial charge in [-0.15, -0.1) is 0 Å². The second-order valence-electron chi connectivity index (χ2n) is 5.08. The third-order valence-electron chi connectivity index (χ3n) is 4.20. The number of aromatic nitrogens is 1. The van der Waals surface area contributed by atoms with E-state index in [1.165, 1.54) is 0 Å². The number of aliphatic hydroxyl groups excluding tert-OH is 2. The number of fused-ring (bicyclic) bond motifs is 3. The van der Waals surface area contributed by atoms with Crippen LogP contribution < -0.4 is 0 Å². The molecule has 0 aliphatic carbocycles. The lowest BCUT2D eigenvalue weighted by Gasteiger charge is -2.50. The van der Waals surface area contributed by atoms with Gasteiger partial charge in [0.15, 0.2) is 0 Å². The van der Waals surface area contributed by atoms with E-state index >= 15 is 0 Å². The van der Waals surface area contributed by atoms with E-state index in [-0.39, 0.29) is 6.04 Å². The van der Waals surface area contributed by atoms with E-state index in [4.69, 9.17) is 0 Å². The zero-order valence-corrected chi connectivity index (χ0v) is 9.74. The van der Waals surface area contributed by atoms with E-state index in [0.29, 0.717) is 5.92 Å². The predicted molar refractivity (Wildman–Crippen MR) is 63.3 cm³/mol. The Morgan fingerprint density at radius 2 is 1.88 bits per heavy atom. The van der Waals surface area contributed by atoms with Gasteiger partial charge >= 0.3 is 0 Å². The number of hydrogen-bond acceptors (Lipinski definition) is 4. The van der Waals surface area contributed by atoms with Crippen molar-refractivity contribution in [3.05, 3.63) is 30.1 Å². The summed E-state index contributed by atoms with van der Waals surface area (Å²) in [6.45, 7) is 1.99. The molecule has 0 aromatic carbocycles. The lowest BCUT2D eigenvalue weighted by molar-refractivity contribution is -0.116. The molecule has 3 fully saturated rings. The molecule has 3 saturated heterocycles. The molecule has 4 heterocycles. The molecule has 1 aromatic heterocycles. The number of nitrogens with zero attached hydrogens (tertiary/aromatic N) is 2. The Morgan fingerprint density at radius 3 is 2.47 bits per heavy atom. The number of hydrogen-bond donors (Lipinski definition) is 2. The molecule has 0 saturated carbocycles. The van der Waals surface area contributed by atoms with Gasteiger partial charge in [0.25, 0.3) is 0 Å². The van der Waals surface area contributed by atoms with E-state index in [0.717, 1.165) is 31.5 Å². The maximum Gasteiger partial charge on any atom is 0.0971 e. The molecule has 0 amide bonds. The summed E-state index contributed by atoms with van der Waals surface area (Å²) in [6.07, 6.45) is 4.46. The van der Waals surface area contributed by atoms with Crippen molar-refractivity contribution in [1.29, 1.82) is 0 Å². The SMILES string of the molecule is OC(c1ccncc1)C1C(O)C2CCN1CC2. The average Bonchev–Trinajstić information content (AvgIpc) is 2.40. The summed E-state index contributed by atoms with van der Waals surface area (Å²) in [5.41, 5.74) is 0.844. The molecule has 0 spiro atoms. The van der Waals surface area contributed by atoms with Gasteiger partial charge in [0, 0.05) is 12.4 Å². The third kappa shape index (κ3) is 1.86. The molecule has 3 unspecified atom stereocenters. The molecule has 3 aliphatic heterocycles. The number of piperidine rings is 3. The van der Waals surface area contributed by atoms with Crippen LogP contribution in [-0.4, -0.2) is 45.3 Å². The maximum atomic E-state index is 10.4. The summed E-state index contributed by atoms with van der Waals surface area (Å²) in [7, 11) is 0. The number of aliphatic hydroxyl groups is 2. The van der Waals surface area contributed by atoms with Crippen molar-refractivity contribution in [2.75, 3.05) is 13.1 Å². The third-order valence-corrected chi connectivity index (χ3v) is 4.20. The van der Waals surface area contributed by atoms with Gasteiger partial charge in [-0.1, -0.05) is 0 Å².